The fraction of sp³-hybridized carbons (Fsp3) is 0.346. The van der Waals surface area contributed by atoms with Crippen LogP contribution in [0.1, 0.15) is 0 Å². The molecule has 39 heavy (non-hydrogen) atoms. The van der Waals surface area contributed by atoms with Crippen LogP contribution in [-0.4, -0.2) is 81.5 Å². The molecule has 0 bridgehead atoms. The first-order valence-corrected chi connectivity index (χ1v) is 13.0. The Hall–Kier alpha value is -3.67. The highest BCUT2D eigenvalue weighted by Gasteiger charge is 2.31. The van der Waals surface area contributed by atoms with Gasteiger partial charge in [0.25, 0.3) is 0 Å². The highest BCUT2D eigenvalue weighted by molar-refractivity contribution is 6.41. The van der Waals surface area contributed by atoms with E-state index in [1.165, 1.54) is 25.4 Å². The van der Waals surface area contributed by atoms with Crippen LogP contribution >= 0.6 is 23.2 Å². The van der Waals surface area contributed by atoms with Gasteiger partial charge in [0, 0.05) is 50.6 Å². The van der Waals surface area contributed by atoms with Crippen molar-refractivity contribution in [2.45, 2.75) is 6.04 Å². The van der Waals surface area contributed by atoms with E-state index in [-0.39, 0.29) is 15.7 Å². The zero-order chi connectivity index (χ0) is 27.7. The summed E-state index contributed by atoms with van der Waals surface area (Å²) >= 11 is 12.8. The Morgan fingerprint density at radius 1 is 1.10 bits per heavy atom. The maximum absolute atomic E-state index is 13.1. The molecule has 11 nitrogen and oxygen atoms in total. The van der Waals surface area contributed by atoms with E-state index in [0.717, 1.165) is 36.8 Å². The van der Waals surface area contributed by atoms with E-state index < -0.39 is 6.03 Å². The number of hydrogen-bond donors (Lipinski definition) is 2. The summed E-state index contributed by atoms with van der Waals surface area (Å²) in [7, 11) is 6.62. The number of carbonyl (C=O) groups excluding carboxylic acids is 1. The Balaban J connectivity index is 1.31. The number of nitrogens with one attached hydrogen (secondary N) is 2. The highest BCUT2D eigenvalue weighted by Crippen LogP contribution is 2.44. The highest BCUT2D eigenvalue weighted by atomic mass is 35.5. The number of methoxy groups -OCH3 is 2. The van der Waals surface area contributed by atoms with Crippen LogP contribution in [-0.2, 0) is 0 Å². The van der Waals surface area contributed by atoms with E-state index in [2.05, 4.69) is 43.5 Å². The van der Waals surface area contributed by atoms with Crippen molar-refractivity contribution in [2.75, 3.05) is 75.0 Å². The largest absolute Gasteiger partial charge is 0.495 e. The quantitative estimate of drug-likeness (QED) is 0.433. The molecular formula is C26H29Cl2N7O4. The maximum Gasteiger partial charge on any atom is 0.327 e. The predicted molar refractivity (Wildman–Crippen MR) is 153 cm³/mol. The Morgan fingerprint density at radius 2 is 1.85 bits per heavy atom. The number of halogens is 2. The third kappa shape index (κ3) is 5.42. The number of hydrogen-bond acceptors (Lipinski definition) is 9. The van der Waals surface area contributed by atoms with Gasteiger partial charge in [-0.1, -0.05) is 23.2 Å². The third-order valence-electron chi connectivity index (χ3n) is 6.77. The summed E-state index contributed by atoms with van der Waals surface area (Å²) < 4.78 is 16.6. The molecule has 2 aliphatic heterocycles. The number of carbonyl (C=O) groups is 1. The second-order valence-electron chi connectivity index (χ2n) is 9.26. The Labute approximate surface area is 236 Å². The van der Waals surface area contributed by atoms with Crippen LogP contribution in [0.4, 0.5) is 33.5 Å². The number of benzene rings is 2. The number of piperazine rings is 1. The van der Waals surface area contributed by atoms with Gasteiger partial charge in [0.15, 0.2) is 0 Å². The fourth-order valence-corrected chi connectivity index (χ4v) is 5.23. The molecule has 1 fully saturated rings. The van der Waals surface area contributed by atoms with Crippen molar-refractivity contribution in [3.8, 4) is 17.2 Å². The van der Waals surface area contributed by atoms with Crippen LogP contribution in [0, 0.1) is 0 Å². The zero-order valence-electron chi connectivity index (χ0n) is 22.0. The fourth-order valence-electron chi connectivity index (χ4n) is 4.64. The molecule has 1 unspecified atom stereocenters. The lowest BCUT2D eigenvalue weighted by Gasteiger charge is -2.44. The summed E-state index contributed by atoms with van der Waals surface area (Å²) in [4.78, 5) is 27.7. The molecule has 206 valence electrons. The summed E-state index contributed by atoms with van der Waals surface area (Å²) in [6.07, 6.45) is 1.37. The number of anilines is 5. The number of fused-ring (bicyclic) bond motifs is 3. The lowest BCUT2D eigenvalue weighted by molar-refractivity contribution is 0.188. The molecule has 1 aromatic heterocycles. The molecule has 3 aromatic rings. The van der Waals surface area contributed by atoms with E-state index in [1.54, 1.807) is 19.2 Å². The van der Waals surface area contributed by atoms with Crippen molar-refractivity contribution in [3.05, 3.63) is 46.7 Å². The molecular weight excluding hydrogens is 545 g/mol. The molecule has 1 saturated heterocycles. The van der Waals surface area contributed by atoms with Gasteiger partial charge in [-0.05, 0) is 19.2 Å². The van der Waals surface area contributed by atoms with Crippen molar-refractivity contribution in [3.63, 3.8) is 0 Å². The molecule has 0 saturated carbocycles. The van der Waals surface area contributed by atoms with E-state index in [0.29, 0.717) is 35.8 Å². The van der Waals surface area contributed by atoms with Crippen LogP contribution in [0.25, 0.3) is 0 Å². The normalized spacial score (nSPS) is 16.5. The Kier molecular flexibility index (Phi) is 7.74. The van der Waals surface area contributed by atoms with Gasteiger partial charge in [-0.15, -0.1) is 0 Å². The van der Waals surface area contributed by atoms with Gasteiger partial charge in [-0.3, -0.25) is 4.90 Å². The molecule has 0 radical (unpaired) electrons. The molecule has 2 N–H and O–H groups in total. The number of urea groups is 1. The molecule has 2 aliphatic rings. The molecule has 0 spiro atoms. The van der Waals surface area contributed by atoms with E-state index in [1.807, 2.05) is 12.1 Å². The van der Waals surface area contributed by atoms with Crippen LogP contribution < -0.4 is 34.6 Å². The second kappa shape index (κ2) is 11.2. The molecule has 0 aliphatic carbocycles. The lowest BCUT2D eigenvalue weighted by atomic mass is 10.1. The molecule has 3 heterocycles. The van der Waals surface area contributed by atoms with Gasteiger partial charge < -0.3 is 34.6 Å². The van der Waals surface area contributed by atoms with Crippen molar-refractivity contribution >= 4 is 57.9 Å². The number of likely N-dealkylation sites (N-methyl/N-ethyl adjacent to an activating group) is 1. The third-order valence-corrected chi connectivity index (χ3v) is 7.52. The summed E-state index contributed by atoms with van der Waals surface area (Å²) in [5, 5.41) is 6.28. The average Bonchev–Trinajstić information content (AvgIpc) is 2.94. The zero-order valence-corrected chi connectivity index (χ0v) is 23.5. The first kappa shape index (κ1) is 26.9. The number of nitrogens with zero attached hydrogens (tertiary/aromatic N) is 5. The lowest BCUT2D eigenvalue weighted by Crippen LogP contribution is -2.56. The van der Waals surface area contributed by atoms with Gasteiger partial charge in [-0.2, -0.15) is 0 Å². The molecule has 1 atom stereocenters. The van der Waals surface area contributed by atoms with Crippen LogP contribution in [0.15, 0.2) is 36.7 Å². The van der Waals surface area contributed by atoms with E-state index >= 15 is 0 Å². The number of rotatable bonds is 6. The van der Waals surface area contributed by atoms with E-state index in [4.69, 9.17) is 37.4 Å². The second-order valence-corrected chi connectivity index (χ2v) is 10.0. The van der Waals surface area contributed by atoms with Gasteiger partial charge in [0.1, 0.15) is 51.9 Å². The van der Waals surface area contributed by atoms with Crippen LogP contribution in [0.5, 0.6) is 17.2 Å². The SMILES string of the molecule is COc1cc(OC)c(Cl)c(NC(=O)N(C)c2cc(Nc3ccc4c(c3)OCC3CN(C)CCN43)ncn2)c1Cl. The van der Waals surface area contributed by atoms with Crippen molar-refractivity contribution < 1.29 is 19.0 Å². The molecule has 5 rings (SSSR count). The summed E-state index contributed by atoms with van der Waals surface area (Å²) in [5.74, 6) is 2.30. The topological polar surface area (TPSA) is 104 Å². The first-order chi connectivity index (χ1) is 18.8. The summed E-state index contributed by atoms with van der Waals surface area (Å²) in [6, 6.07) is 9.04. The molecule has 2 amide bonds. The molecule has 2 aromatic carbocycles. The average molecular weight is 574 g/mol. The van der Waals surface area contributed by atoms with Gasteiger partial charge in [0.05, 0.1) is 31.6 Å². The van der Waals surface area contributed by atoms with Crippen LogP contribution in [0.3, 0.4) is 0 Å². The van der Waals surface area contributed by atoms with Gasteiger partial charge in [-0.25, -0.2) is 14.8 Å². The predicted octanol–water partition coefficient (Wildman–Crippen LogP) is 4.73. The standard InChI is InChI=1S/C26H29Cl2N7O4/c1-33-7-8-35-16(12-33)13-39-18-9-15(5-6-17(18)35)31-21-11-22(30-14-29-21)34(2)26(36)32-25-23(27)19(37-3)10-20(38-4)24(25)28/h5-6,9-11,14,16H,7-8,12-13H2,1-4H3,(H,32,36)(H,29,30,31). The van der Waals surface area contributed by atoms with Crippen molar-refractivity contribution in [1.82, 2.24) is 14.9 Å². The van der Waals surface area contributed by atoms with Gasteiger partial charge >= 0.3 is 6.03 Å². The Bertz CT molecular complexity index is 1360. The first-order valence-electron chi connectivity index (χ1n) is 12.2. The summed E-state index contributed by atoms with van der Waals surface area (Å²) in [5.41, 5.74) is 2.06. The number of ether oxygens (including phenoxy) is 3. The summed E-state index contributed by atoms with van der Waals surface area (Å²) in [6.45, 7) is 3.61. The number of amides is 2. The van der Waals surface area contributed by atoms with Crippen molar-refractivity contribution in [1.29, 1.82) is 0 Å². The van der Waals surface area contributed by atoms with E-state index in [9.17, 15) is 4.79 Å². The minimum absolute atomic E-state index is 0.146. The van der Waals surface area contributed by atoms with Gasteiger partial charge in [0.2, 0.25) is 0 Å². The van der Waals surface area contributed by atoms with Crippen molar-refractivity contribution in [2.24, 2.45) is 0 Å². The van der Waals surface area contributed by atoms with Crippen LogP contribution in [0.2, 0.25) is 10.0 Å². The monoisotopic (exact) mass is 573 g/mol. The molecule has 13 heteroatoms. The number of aromatic nitrogens is 2. The minimum atomic E-state index is -0.525. The minimum Gasteiger partial charge on any atom is -0.495 e. The maximum atomic E-state index is 13.1. The Morgan fingerprint density at radius 3 is 2.56 bits per heavy atom. The smallest absolute Gasteiger partial charge is 0.327 e.